The van der Waals surface area contributed by atoms with Gasteiger partial charge in [0.15, 0.2) is 0 Å². The largest absolute Gasteiger partial charge is 0.508 e. The molecule has 1 aromatic rings. The van der Waals surface area contributed by atoms with Crippen molar-refractivity contribution in [1.82, 2.24) is 15.3 Å². The third-order valence-electron chi connectivity index (χ3n) is 3.71. The number of hydrogen-bond donors (Lipinski definition) is 2. The van der Waals surface area contributed by atoms with Gasteiger partial charge in [-0.15, -0.1) is 0 Å². The van der Waals surface area contributed by atoms with Gasteiger partial charge in [-0.25, -0.2) is 5.01 Å². The van der Waals surface area contributed by atoms with E-state index in [9.17, 15) is 5.11 Å². The van der Waals surface area contributed by atoms with Gasteiger partial charge in [0.25, 0.3) is 0 Å². The van der Waals surface area contributed by atoms with E-state index in [1.54, 1.807) is 12.1 Å². The second-order valence-electron chi connectivity index (χ2n) is 5.53. The summed E-state index contributed by atoms with van der Waals surface area (Å²) in [6.07, 6.45) is 2.15. The fraction of sp³-hybridized carbons (Fsp3) is 0.600. The molecule has 0 aliphatic carbocycles. The monoisotopic (exact) mass is 263 g/mol. The zero-order valence-electron chi connectivity index (χ0n) is 12.0. The molecule has 0 spiro atoms. The minimum absolute atomic E-state index is 0.340. The van der Waals surface area contributed by atoms with Crippen LogP contribution < -0.4 is 5.43 Å². The summed E-state index contributed by atoms with van der Waals surface area (Å²) in [6.45, 7) is 6.70. The predicted molar refractivity (Wildman–Crippen MR) is 78.1 cm³/mol. The van der Waals surface area contributed by atoms with Gasteiger partial charge in [-0.1, -0.05) is 12.1 Å². The van der Waals surface area contributed by atoms with Crippen LogP contribution in [0.4, 0.5) is 0 Å². The zero-order valence-corrected chi connectivity index (χ0v) is 12.0. The maximum absolute atomic E-state index is 9.25. The summed E-state index contributed by atoms with van der Waals surface area (Å²) in [4.78, 5) is 2.36. The lowest BCUT2D eigenvalue weighted by Crippen LogP contribution is -2.53. The second-order valence-corrected chi connectivity index (χ2v) is 5.53. The maximum atomic E-state index is 9.25. The summed E-state index contributed by atoms with van der Waals surface area (Å²) < 4.78 is 0. The topological polar surface area (TPSA) is 38.7 Å². The zero-order chi connectivity index (χ0) is 13.7. The van der Waals surface area contributed by atoms with Crippen molar-refractivity contribution in [3.63, 3.8) is 0 Å². The molecule has 0 saturated carbocycles. The Morgan fingerprint density at radius 3 is 2.42 bits per heavy atom. The molecule has 1 heterocycles. The van der Waals surface area contributed by atoms with Crippen molar-refractivity contribution in [3.05, 3.63) is 29.8 Å². The summed E-state index contributed by atoms with van der Waals surface area (Å²) in [7, 11) is 2.17. The third-order valence-corrected chi connectivity index (χ3v) is 3.71. The van der Waals surface area contributed by atoms with Gasteiger partial charge in [-0.3, -0.25) is 5.43 Å². The van der Waals surface area contributed by atoms with Crippen LogP contribution in [0.5, 0.6) is 5.75 Å². The Balaban J connectivity index is 1.69. The highest BCUT2D eigenvalue weighted by Crippen LogP contribution is 2.12. The highest BCUT2D eigenvalue weighted by molar-refractivity contribution is 5.25. The number of nitrogens with zero attached hydrogens (tertiary/aromatic N) is 2. The Labute approximate surface area is 116 Å². The predicted octanol–water partition coefficient (Wildman–Crippen LogP) is 1.47. The minimum atomic E-state index is 0.340. The van der Waals surface area contributed by atoms with Crippen molar-refractivity contribution in [2.24, 2.45) is 0 Å². The molecule has 2 rings (SSSR count). The first-order chi connectivity index (χ1) is 9.13. The van der Waals surface area contributed by atoms with Crippen LogP contribution in [0.1, 0.15) is 18.9 Å². The van der Waals surface area contributed by atoms with Gasteiger partial charge in [-0.05, 0) is 44.5 Å². The van der Waals surface area contributed by atoms with Crippen molar-refractivity contribution in [2.75, 3.05) is 33.2 Å². The third kappa shape index (κ3) is 4.82. The molecule has 1 saturated heterocycles. The smallest absolute Gasteiger partial charge is 0.115 e. The first-order valence-corrected chi connectivity index (χ1v) is 7.11. The van der Waals surface area contributed by atoms with E-state index >= 15 is 0 Å². The molecule has 1 aromatic carbocycles. The maximum Gasteiger partial charge on any atom is 0.115 e. The minimum Gasteiger partial charge on any atom is -0.508 e. The van der Waals surface area contributed by atoms with E-state index in [2.05, 4.69) is 29.3 Å². The van der Waals surface area contributed by atoms with Crippen molar-refractivity contribution in [2.45, 2.75) is 25.8 Å². The molecule has 0 bridgehead atoms. The molecular weight excluding hydrogens is 238 g/mol. The summed E-state index contributed by atoms with van der Waals surface area (Å²) in [6, 6.07) is 8.00. The number of phenols is 1. The highest BCUT2D eigenvalue weighted by atomic mass is 16.3. The van der Waals surface area contributed by atoms with E-state index < -0.39 is 0 Å². The molecule has 0 aromatic heterocycles. The van der Waals surface area contributed by atoms with Crippen LogP contribution in [-0.4, -0.2) is 54.3 Å². The van der Waals surface area contributed by atoms with Gasteiger partial charge >= 0.3 is 0 Å². The lowest BCUT2D eigenvalue weighted by atomic mass is 10.1. The van der Waals surface area contributed by atoms with Crippen LogP contribution in [-0.2, 0) is 6.42 Å². The number of benzene rings is 1. The number of aryl methyl sites for hydroxylation is 1. The van der Waals surface area contributed by atoms with Gasteiger partial charge in [0, 0.05) is 32.2 Å². The SMILES string of the molecule is CC(CCc1ccc(O)cc1)NN1CCN(C)CC1. The number of likely N-dealkylation sites (N-methyl/N-ethyl adjacent to an activating group) is 1. The van der Waals surface area contributed by atoms with Gasteiger partial charge < -0.3 is 10.0 Å². The molecular formula is C15H25N3O. The molecule has 1 atom stereocenters. The Bertz CT molecular complexity index is 371. The number of phenolic OH excluding ortho intramolecular Hbond substituents is 1. The number of piperazine rings is 1. The number of aromatic hydroxyl groups is 1. The molecule has 0 radical (unpaired) electrons. The normalized spacial score (nSPS) is 19.5. The summed E-state index contributed by atoms with van der Waals surface area (Å²) in [5.41, 5.74) is 4.86. The fourth-order valence-electron chi connectivity index (χ4n) is 2.36. The molecule has 106 valence electrons. The van der Waals surface area contributed by atoms with Crippen LogP contribution in [0.15, 0.2) is 24.3 Å². The lowest BCUT2D eigenvalue weighted by molar-refractivity contribution is 0.0883. The number of nitrogens with one attached hydrogen (secondary N) is 1. The Hall–Kier alpha value is -1.10. The summed E-state index contributed by atoms with van der Waals surface area (Å²) >= 11 is 0. The first-order valence-electron chi connectivity index (χ1n) is 7.11. The Morgan fingerprint density at radius 2 is 1.79 bits per heavy atom. The number of hydrazine groups is 1. The lowest BCUT2D eigenvalue weighted by Gasteiger charge is -2.34. The van der Waals surface area contributed by atoms with Crippen molar-refractivity contribution >= 4 is 0 Å². The van der Waals surface area contributed by atoms with Crippen molar-refractivity contribution in [1.29, 1.82) is 0 Å². The average Bonchev–Trinajstić information content (AvgIpc) is 2.41. The summed E-state index contributed by atoms with van der Waals surface area (Å²) in [5, 5.41) is 11.6. The van der Waals surface area contributed by atoms with Crippen LogP contribution in [0.2, 0.25) is 0 Å². The van der Waals surface area contributed by atoms with E-state index in [4.69, 9.17) is 0 Å². The molecule has 4 heteroatoms. The molecule has 0 amide bonds. The van der Waals surface area contributed by atoms with E-state index in [0.29, 0.717) is 11.8 Å². The molecule has 1 fully saturated rings. The van der Waals surface area contributed by atoms with Gasteiger partial charge in [-0.2, -0.15) is 0 Å². The second kappa shape index (κ2) is 6.89. The molecule has 1 aliphatic rings. The molecule has 4 nitrogen and oxygen atoms in total. The van der Waals surface area contributed by atoms with Gasteiger partial charge in [0.1, 0.15) is 5.75 Å². The molecule has 1 unspecified atom stereocenters. The van der Waals surface area contributed by atoms with E-state index in [-0.39, 0.29) is 0 Å². The highest BCUT2D eigenvalue weighted by Gasteiger charge is 2.15. The average molecular weight is 263 g/mol. The van der Waals surface area contributed by atoms with E-state index in [0.717, 1.165) is 39.0 Å². The van der Waals surface area contributed by atoms with E-state index in [1.807, 2.05) is 12.1 Å². The quantitative estimate of drug-likeness (QED) is 0.844. The Kier molecular flexibility index (Phi) is 5.19. The van der Waals surface area contributed by atoms with Gasteiger partial charge in [0.2, 0.25) is 0 Å². The van der Waals surface area contributed by atoms with Gasteiger partial charge in [0.05, 0.1) is 0 Å². The van der Waals surface area contributed by atoms with Crippen LogP contribution in [0, 0.1) is 0 Å². The van der Waals surface area contributed by atoms with Crippen molar-refractivity contribution < 1.29 is 5.11 Å². The van der Waals surface area contributed by atoms with E-state index in [1.165, 1.54) is 5.56 Å². The Morgan fingerprint density at radius 1 is 1.16 bits per heavy atom. The van der Waals surface area contributed by atoms with Crippen LogP contribution >= 0.6 is 0 Å². The van der Waals surface area contributed by atoms with Crippen LogP contribution in [0.25, 0.3) is 0 Å². The molecule has 19 heavy (non-hydrogen) atoms. The number of hydrogen-bond acceptors (Lipinski definition) is 4. The summed E-state index contributed by atoms with van der Waals surface area (Å²) in [5.74, 6) is 0.340. The number of rotatable bonds is 5. The van der Waals surface area contributed by atoms with Crippen LogP contribution in [0.3, 0.4) is 0 Å². The van der Waals surface area contributed by atoms with Crippen molar-refractivity contribution in [3.8, 4) is 5.75 Å². The first kappa shape index (κ1) is 14.3. The standard InChI is InChI=1S/C15H25N3O/c1-13(16-18-11-9-17(2)10-12-18)3-4-14-5-7-15(19)8-6-14/h5-8,13,16,19H,3-4,9-12H2,1-2H3. The fourth-order valence-corrected chi connectivity index (χ4v) is 2.36. The molecule has 2 N–H and O–H groups in total. The molecule has 1 aliphatic heterocycles.